The highest BCUT2D eigenvalue weighted by Crippen LogP contribution is 2.29. The van der Waals surface area contributed by atoms with E-state index in [0.29, 0.717) is 6.61 Å². The lowest BCUT2D eigenvalue weighted by Crippen LogP contribution is -2.05. The third-order valence-electron chi connectivity index (χ3n) is 3.37. The van der Waals surface area contributed by atoms with Crippen molar-refractivity contribution in [2.24, 2.45) is 0 Å². The zero-order valence-corrected chi connectivity index (χ0v) is 12.4. The van der Waals surface area contributed by atoms with E-state index in [1.165, 1.54) is 0 Å². The van der Waals surface area contributed by atoms with E-state index in [0.717, 1.165) is 27.1 Å². The maximum Gasteiger partial charge on any atom is 0.316 e. The molecule has 0 heterocycles. The minimum Gasteiger partial charge on any atom is -0.460 e. The molecule has 0 saturated heterocycles. The number of alkyl halides is 1. The van der Waals surface area contributed by atoms with Crippen molar-refractivity contribution in [1.29, 1.82) is 0 Å². The Morgan fingerprint density at radius 2 is 1.50 bits per heavy atom. The van der Waals surface area contributed by atoms with E-state index in [1.807, 2.05) is 24.3 Å². The SMILES string of the molecule is O=C(CBr)OCc1c2ccccc2cc2ccccc12. The van der Waals surface area contributed by atoms with Crippen LogP contribution < -0.4 is 0 Å². The van der Waals surface area contributed by atoms with Crippen molar-refractivity contribution < 1.29 is 9.53 Å². The standard InChI is InChI=1S/C17H13BrO2/c18-10-17(19)20-11-16-14-7-3-1-5-12(14)9-13-6-2-4-8-15(13)16/h1-9H,10-11H2. The normalized spacial score (nSPS) is 10.8. The summed E-state index contributed by atoms with van der Waals surface area (Å²) in [5, 5.41) is 4.81. The molecule has 3 aromatic rings. The van der Waals surface area contributed by atoms with Crippen molar-refractivity contribution in [3.05, 3.63) is 60.2 Å². The van der Waals surface area contributed by atoms with Gasteiger partial charge < -0.3 is 4.74 Å². The molecule has 0 radical (unpaired) electrons. The van der Waals surface area contributed by atoms with Gasteiger partial charge in [0.25, 0.3) is 0 Å². The lowest BCUT2D eigenvalue weighted by atomic mass is 9.97. The Balaban J connectivity index is 2.20. The summed E-state index contributed by atoms with van der Waals surface area (Å²) in [6.07, 6.45) is 0. The monoisotopic (exact) mass is 328 g/mol. The molecule has 0 aliphatic heterocycles. The summed E-state index contributed by atoms with van der Waals surface area (Å²) in [6.45, 7) is 0.298. The molecule has 0 amide bonds. The molecule has 0 aliphatic carbocycles. The van der Waals surface area contributed by atoms with Gasteiger partial charge >= 0.3 is 5.97 Å². The Morgan fingerprint density at radius 1 is 0.950 bits per heavy atom. The van der Waals surface area contributed by atoms with E-state index >= 15 is 0 Å². The van der Waals surface area contributed by atoms with E-state index in [-0.39, 0.29) is 11.3 Å². The highest BCUT2D eigenvalue weighted by atomic mass is 79.9. The first kappa shape index (κ1) is 13.1. The van der Waals surface area contributed by atoms with Crippen LogP contribution in [0.3, 0.4) is 0 Å². The second-order valence-corrected chi connectivity index (χ2v) is 5.15. The fourth-order valence-electron chi connectivity index (χ4n) is 2.45. The van der Waals surface area contributed by atoms with Crippen molar-refractivity contribution in [2.45, 2.75) is 6.61 Å². The van der Waals surface area contributed by atoms with E-state index in [1.54, 1.807) is 0 Å². The number of ether oxygens (including phenoxy) is 1. The summed E-state index contributed by atoms with van der Waals surface area (Å²) in [5.74, 6) is -0.248. The second kappa shape index (κ2) is 5.63. The summed E-state index contributed by atoms with van der Waals surface area (Å²) in [5.41, 5.74) is 1.06. The Kier molecular flexibility index (Phi) is 3.70. The molecular formula is C17H13BrO2. The minimum absolute atomic E-state index is 0.218. The molecule has 0 bridgehead atoms. The highest BCUT2D eigenvalue weighted by molar-refractivity contribution is 9.09. The van der Waals surface area contributed by atoms with Gasteiger partial charge in [-0.3, -0.25) is 4.79 Å². The number of benzene rings is 3. The first-order chi connectivity index (χ1) is 9.79. The average Bonchev–Trinajstić information content (AvgIpc) is 2.51. The number of hydrogen-bond acceptors (Lipinski definition) is 2. The topological polar surface area (TPSA) is 26.3 Å². The zero-order chi connectivity index (χ0) is 13.9. The van der Waals surface area contributed by atoms with Crippen LogP contribution in [0.15, 0.2) is 54.6 Å². The van der Waals surface area contributed by atoms with Crippen LogP contribution in [0.5, 0.6) is 0 Å². The Hall–Kier alpha value is -1.87. The molecule has 3 aromatic carbocycles. The molecule has 0 unspecified atom stereocenters. The first-order valence-corrected chi connectivity index (χ1v) is 7.52. The van der Waals surface area contributed by atoms with Gasteiger partial charge in [0.05, 0.1) is 0 Å². The van der Waals surface area contributed by atoms with Crippen LogP contribution in [-0.4, -0.2) is 11.3 Å². The number of esters is 1. The van der Waals surface area contributed by atoms with E-state index < -0.39 is 0 Å². The van der Waals surface area contributed by atoms with Crippen molar-refractivity contribution in [2.75, 3.05) is 5.33 Å². The molecule has 100 valence electrons. The number of carbonyl (C=O) groups excluding carboxylic acids is 1. The van der Waals surface area contributed by atoms with Crippen LogP contribution >= 0.6 is 15.9 Å². The first-order valence-electron chi connectivity index (χ1n) is 6.40. The predicted molar refractivity (Wildman–Crippen MR) is 85.0 cm³/mol. The molecule has 0 aromatic heterocycles. The third-order valence-corrected chi connectivity index (χ3v) is 3.83. The number of halogens is 1. The van der Waals surface area contributed by atoms with Crippen molar-refractivity contribution >= 4 is 43.4 Å². The quantitative estimate of drug-likeness (QED) is 0.404. The van der Waals surface area contributed by atoms with Gasteiger partial charge in [0.1, 0.15) is 11.9 Å². The van der Waals surface area contributed by atoms with Gasteiger partial charge in [-0.15, -0.1) is 0 Å². The van der Waals surface area contributed by atoms with E-state index in [2.05, 4.69) is 46.3 Å². The van der Waals surface area contributed by atoms with Crippen molar-refractivity contribution in [3.8, 4) is 0 Å². The van der Waals surface area contributed by atoms with Crippen LogP contribution in [0.4, 0.5) is 0 Å². The fraction of sp³-hybridized carbons (Fsp3) is 0.118. The van der Waals surface area contributed by atoms with Crippen molar-refractivity contribution in [1.82, 2.24) is 0 Å². The summed E-state index contributed by atoms with van der Waals surface area (Å²) in [4.78, 5) is 11.4. The lowest BCUT2D eigenvalue weighted by Gasteiger charge is -2.11. The van der Waals surface area contributed by atoms with Gasteiger partial charge in [0, 0.05) is 5.56 Å². The maximum absolute atomic E-state index is 11.4. The molecular weight excluding hydrogens is 316 g/mol. The Bertz CT molecular complexity index is 726. The van der Waals surface area contributed by atoms with Gasteiger partial charge in [-0.05, 0) is 27.6 Å². The predicted octanol–water partition coefficient (Wildman–Crippen LogP) is 4.43. The van der Waals surface area contributed by atoms with E-state index in [4.69, 9.17) is 4.74 Å². The maximum atomic E-state index is 11.4. The van der Waals surface area contributed by atoms with Crippen LogP contribution in [-0.2, 0) is 16.1 Å². The summed E-state index contributed by atoms with van der Waals surface area (Å²) >= 11 is 3.11. The molecule has 0 N–H and O–H groups in total. The third kappa shape index (κ3) is 2.41. The summed E-state index contributed by atoms with van der Waals surface area (Å²) in [6, 6.07) is 18.5. The molecule has 0 fully saturated rings. The molecule has 0 saturated carbocycles. The number of rotatable bonds is 3. The van der Waals surface area contributed by atoms with Crippen molar-refractivity contribution in [3.63, 3.8) is 0 Å². The van der Waals surface area contributed by atoms with Crippen LogP contribution in [0.2, 0.25) is 0 Å². The number of fused-ring (bicyclic) bond motifs is 2. The van der Waals surface area contributed by atoms with Gasteiger partial charge in [-0.1, -0.05) is 64.5 Å². The molecule has 0 atom stereocenters. The van der Waals surface area contributed by atoms with Gasteiger partial charge in [-0.25, -0.2) is 0 Å². The minimum atomic E-state index is -0.248. The van der Waals surface area contributed by atoms with Gasteiger partial charge in [0.2, 0.25) is 0 Å². The van der Waals surface area contributed by atoms with Gasteiger partial charge in [0.15, 0.2) is 0 Å². The Morgan fingerprint density at radius 3 is 2.05 bits per heavy atom. The lowest BCUT2D eigenvalue weighted by molar-refractivity contribution is -0.141. The average molecular weight is 329 g/mol. The summed E-state index contributed by atoms with van der Waals surface area (Å²) < 4.78 is 5.31. The summed E-state index contributed by atoms with van der Waals surface area (Å²) in [7, 11) is 0. The highest BCUT2D eigenvalue weighted by Gasteiger charge is 2.09. The molecule has 2 nitrogen and oxygen atoms in total. The molecule has 20 heavy (non-hydrogen) atoms. The van der Waals surface area contributed by atoms with Crippen LogP contribution in [0.1, 0.15) is 5.56 Å². The van der Waals surface area contributed by atoms with E-state index in [9.17, 15) is 4.79 Å². The van der Waals surface area contributed by atoms with Crippen LogP contribution in [0, 0.1) is 0 Å². The largest absolute Gasteiger partial charge is 0.460 e. The molecule has 3 rings (SSSR count). The van der Waals surface area contributed by atoms with Crippen LogP contribution in [0.25, 0.3) is 21.5 Å². The smallest absolute Gasteiger partial charge is 0.316 e. The fourth-order valence-corrected chi connectivity index (χ4v) is 2.62. The Labute approximate surface area is 125 Å². The molecule has 3 heteroatoms. The molecule has 0 aliphatic rings. The number of carbonyl (C=O) groups is 1. The van der Waals surface area contributed by atoms with Gasteiger partial charge in [-0.2, -0.15) is 0 Å². The second-order valence-electron chi connectivity index (χ2n) is 4.59. The zero-order valence-electron chi connectivity index (χ0n) is 10.8. The molecule has 0 spiro atoms. The number of hydrogen-bond donors (Lipinski definition) is 0.